The summed E-state index contributed by atoms with van der Waals surface area (Å²) in [5.74, 6) is -0.161. The molecule has 2 rings (SSSR count). The molecule has 3 nitrogen and oxygen atoms in total. The summed E-state index contributed by atoms with van der Waals surface area (Å²) in [5.41, 5.74) is 0.655. The molecule has 1 aliphatic heterocycles. The normalized spacial score (nSPS) is 26.8. The Bertz CT molecular complexity index is 524. The van der Waals surface area contributed by atoms with Crippen LogP contribution in [-0.4, -0.2) is 11.8 Å². The van der Waals surface area contributed by atoms with Gasteiger partial charge in [-0.1, -0.05) is 48.8 Å². The Hall–Kier alpha value is -1.16. The molecular formula is C16H20BrNO2. The molecule has 1 heterocycles. The summed E-state index contributed by atoms with van der Waals surface area (Å²) in [4.78, 5) is 24.1. The number of imide groups is 1. The van der Waals surface area contributed by atoms with Crippen molar-refractivity contribution in [3.05, 3.63) is 34.3 Å². The molecule has 0 spiro atoms. The van der Waals surface area contributed by atoms with Gasteiger partial charge in [0.15, 0.2) is 0 Å². The van der Waals surface area contributed by atoms with Crippen LogP contribution in [0.4, 0.5) is 0 Å². The molecule has 0 aromatic heterocycles. The van der Waals surface area contributed by atoms with Gasteiger partial charge in [-0.05, 0) is 35.4 Å². The molecular weight excluding hydrogens is 318 g/mol. The largest absolute Gasteiger partial charge is 0.296 e. The van der Waals surface area contributed by atoms with Crippen LogP contribution in [-0.2, 0) is 9.59 Å². The minimum Gasteiger partial charge on any atom is -0.296 e. The van der Waals surface area contributed by atoms with Crippen molar-refractivity contribution in [1.82, 2.24) is 5.32 Å². The Labute approximate surface area is 128 Å². The topological polar surface area (TPSA) is 46.2 Å². The molecule has 2 amide bonds. The maximum absolute atomic E-state index is 12.3. The lowest BCUT2D eigenvalue weighted by molar-refractivity contribution is -0.140. The van der Waals surface area contributed by atoms with Crippen molar-refractivity contribution >= 4 is 27.7 Å². The van der Waals surface area contributed by atoms with Gasteiger partial charge < -0.3 is 0 Å². The second-order valence-electron chi connectivity index (χ2n) is 6.33. The van der Waals surface area contributed by atoms with Gasteiger partial charge in [0.25, 0.3) is 0 Å². The van der Waals surface area contributed by atoms with Crippen LogP contribution >= 0.6 is 15.9 Å². The minimum atomic E-state index is -0.318. The zero-order valence-corrected chi connectivity index (χ0v) is 13.7. The molecule has 1 aromatic rings. The first-order valence-electron chi connectivity index (χ1n) is 6.91. The molecule has 1 saturated heterocycles. The van der Waals surface area contributed by atoms with Crippen molar-refractivity contribution < 1.29 is 9.59 Å². The Morgan fingerprint density at radius 2 is 1.90 bits per heavy atom. The molecule has 20 heavy (non-hydrogen) atoms. The summed E-state index contributed by atoms with van der Waals surface area (Å²) in [5, 5.41) is 2.48. The number of carbonyl (C=O) groups excluding carboxylic acids is 2. The van der Waals surface area contributed by atoms with Crippen LogP contribution in [0.15, 0.2) is 28.7 Å². The molecule has 0 bridgehead atoms. The summed E-state index contributed by atoms with van der Waals surface area (Å²) in [6, 6.07) is 7.80. The predicted octanol–water partition coefficient (Wildman–Crippen LogP) is 3.63. The van der Waals surface area contributed by atoms with E-state index < -0.39 is 0 Å². The van der Waals surface area contributed by atoms with E-state index in [4.69, 9.17) is 0 Å². The third-order valence-corrected chi connectivity index (χ3v) is 4.39. The van der Waals surface area contributed by atoms with E-state index in [1.807, 2.05) is 24.3 Å². The van der Waals surface area contributed by atoms with E-state index >= 15 is 0 Å². The van der Waals surface area contributed by atoms with Gasteiger partial charge in [-0.15, -0.1) is 0 Å². The van der Waals surface area contributed by atoms with Crippen molar-refractivity contribution in [2.24, 2.45) is 11.3 Å². The summed E-state index contributed by atoms with van der Waals surface area (Å²) in [6.45, 7) is 6.30. The van der Waals surface area contributed by atoms with Gasteiger partial charge >= 0.3 is 0 Å². The van der Waals surface area contributed by atoms with Crippen molar-refractivity contribution in [3.63, 3.8) is 0 Å². The molecule has 2 atom stereocenters. The zero-order chi connectivity index (χ0) is 14.9. The fraction of sp³-hybridized carbons (Fsp3) is 0.500. The maximum atomic E-state index is 12.3. The molecule has 4 heteroatoms. The summed E-state index contributed by atoms with van der Waals surface area (Å²) < 4.78 is 0.985. The van der Waals surface area contributed by atoms with Crippen molar-refractivity contribution in [2.75, 3.05) is 0 Å². The summed E-state index contributed by atoms with van der Waals surface area (Å²) >= 11 is 3.41. The summed E-state index contributed by atoms with van der Waals surface area (Å²) in [6.07, 6.45) is 1.25. The number of piperidine rings is 1. The number of amides is 2. The highest BCUT2D eigenvalue weighted by Gasteiger charge is 2.46. The molecule has 1 aromatic carbocycles. The number of hydrogen-bond donors (Lipinski definition) is 1. The number of nitrogens with one attached hydrogen (secondary N) is 1. The van der Waals surface area contributed by atoms with E-state index in [-0.39, 0.29) is 23.1 Å². The van der Waals surface area contributed by atoms with E-state index in [9.17, 15) is 9.59 Å². The Kier molecular flexibility index (Phi) is 4.33. The lowest BCUT2D eigenvalue weighted by Crippen LogP contribution is -2.50. The Balaban J connectivity index is 2.41. The average Bonchev–Trinajstić information content (AvgIpc) is 2.28. The second kappa shape index (κ2) is 5.68. The lowest BCUT2D eigenvalue weighted by Gasteiger charge is -2.41. The van der Waals surface area contributed by atoms with Crippen LogP contribution < -0.4 is 5.32 Å². The first kappa shape index (κ1) is 15.2. The lowest BCUT2D eigenvalue weighted by atomic mass is 9.65. The fourth-order valence-corrected chi connectivity index (χ4v) is 3.64. The predicted molar refractivity (Wildman–Crippen MR) is 82.2 cm³/mol. The van der Waals surface area contributed by atoms with Gasteiger partial charge in [-0.3, -0.25) is 14.9 Å². The monoisotopic (exact) mass is 337 g/mol. The molecule has 1 aliphatic rings. The van der Waals surface area contributed by atoms with Crippen molar-refractivity contribution in [3.8, 4) is 0 Å². The van der Waals surface area contributed by atoms with Gasteiger partial charge in [0.1, 0.15) is 0 Å². The van der Waals surface area contributed by atoms with Gasteiger partial charge in [0.05, 0.1) is 5.92 Å². The highest BCUT2D eigenvalue weighted by molar-refractivity contribution is 9.10. The Morgan fingerprint density at radius 3 is 2.45 bits per heavy atom. The first-order chi connectivity index (χ1) is 9.32. The highest BCUT2D eigenvalue weighted by Crippen LogP contribution is 2.46. The van der Waals surface area contributed by atoms with Crippen LogP contribution in [0.1, 0.15) is 45.1 Å². The number of carbonyl (C=O) groups is 2. The maximum Gasteiger partial charge on any atom is 0.234 e. The van der Waals surface area contributed by atoms with E-state index in [1.165, 1.54) is 0 Å². The third kappa shape index (κ3) is 3.11. The molecule has 0 saturated carbocycles. The van der Waals surface area contributed by atoms with Crippen LogP contribution in [0, 0.1) is 11.3 Å². The minimum absolute atomic E-state index is 0.161. The smallest absolute Gasteiger partial charge is 0.234 e. The number of hydrogen-bond acceptors (Lipinski definition) is 2. The number of rotatable bonds is 3. The van der Waals surface area contributed by atoms with Gasteiger partial charge in [0, 0.05) is 10.9 Å². The first-order valence-corrected chi connectivity index (χ1v) is 7.70. The highest BCUT2D eigenvalue weighted by atomic mass is 79.9. The third-order valence-electron chi connectivity index (χ3n) is 3.86. The van der Waals surface area contributed by atoms with Crippen LogP contribution in [0.25, 0.3) is 0 Å². The second-order valence-corrected chi connectivity index (χ2v) is 7.24. The van der Waals surface area contributed by atoms with Crippen molar-refractivity contribution in [2.45, 2.75) is 39.5 Å². The molecule has 108 valence electrons. The van der Waals surface area contributed by atoms with E-state index in [2.05, 4.69) is 42.0 Å². The van der Waals surface area contributed by atoms with Crippen LogP contribution in [0.3, 0.4) is 0 Å². The average molecular weight is 338 g/mol. The number of benzene rings is 1. The van der Waals surface area contributed by atoms with E-state index in [0.717, 1.165) is 16.5 Å². The molecule has 1 fully saturated rings. The standard InChI is InChI=1S/C16H20BrNO2/c1-10(2)8-16(3)9-13(19)18-15(20)14(16)11-4-6-12(17)7-5-11/h4-7,10,14H,8-9H2,1-3H3,(H,18,19,20). The molecule has 2 unspecified atom stereocenters. The fourth-order valence-electron chi connectivity index (χ4n) is 3.37. The van der Waals surface area contributed by atoms with E-state index in [0.29, 0.717) is 12.3 Å². The quantitative estimate of drug-likeness (QED) is 0.856. The molecule has 0 radical (unpaired) electrons. The van der Waals surface area contributed by atoms with Crippen LogP contribution in [0.5, 0.6) is 0 Å². The molecule has 0 aliphatic carbocycles. The number of halogens is 1. The van der Waals surface area contributed by atoms with Crippen LogP contribution in [0.2, 0.25) is 0 Å². The van der Waals surface area contributed by atoms with Gasteiger partial charge in [-0.2, -0.15) is 0 Å². The van der Waals surface area contributed by atoms with Gasteiger partial charge in [-0.25, -0.2) is 0 Å². The summed E-state index contributed by atoms with van der Waals surface area (Å²) in [7, 11) is 0. The van der Waals surface area contributed by atoms with E-state index in [1.54, 1.807) is 0 Å². The Morgan fingerprint density at radius 1 is 1.30 bits per heavy atom. The van der Waals surface area contributed by atoms with Crippen molar-refractivity contribution in [1.29, 1.82) is 0 Å². The van der Waals surface area contributed by atoms with Gasteiger partial charge in [0.2, 0.25) is 11.8 Å². The molecule has 1 N–H and O–H groups in total. The zero-order valence-electron chi connectivity index (χ0n) is 12.1. The SMILES string of the molecule is CC(C)CC1(C)CC(=O)NC(=O)C1c1ccc(Br)cc1.